The average molecular weight is 400 g/mol. The van der Waals surface area contributed by atoms with Gasteiger partial charge in [0.25, 0.3) is 5.69 Å². The van der Waals surface area contributed by atoms with Gasteiger partial charge in [-0.15, -0.1) is 35.1 Å². The summed E-state index contributed by atoms with van der Waals surface area (Å²) in [6, 6.07) is 5.14. The monoisotopic (exact) mass is 399 g/mol. The topological polar surface area (TPSA) is 104 Å². The van der Waals surface area contributed by atoms with E-state index >= 15 is 0 Å². The maximum atomic E-state index is 11.6. The summed E-state index contributed by atoms with van der Waals surface area (Å²) < 4.78 is 9.94. The van der Waals surface area contributed by atoms with Gasteiger partial charge in [-0.2, -0.15) is 0 Å². The normalized spacial score (nSPS) is 9.92. The van der Waals surface area contributed by atoms with Crippen LogP contribution in [0.1, 0.15) is 4.88 Å². The van der Waals surface area contributed by atoms with Crippen LogP contribution in [0.4, 0.5) is 10.5 Å². The van der Waals surface area contributed by atoms with Gasteiger partial charge in [-0.3, -0.25) is 10.1 Å². The van der Waals surface area contributed by atoms with Crippen molar-refractivity contribution in [1.82, 2.24) is 9.97 Å². The van der Waals surface area contributed by atoms with E-state index in [4.69, 9.17) is 9.47 Å². The maximum Gasteiger partial charge on any atom is 0.514 e. The van der Waals surface area contributed by atoms with Crippen LogP contribution in [0.25, 0.3) is 10.0 Å². The van der Waals surface area contributed by atoms with Gasteiger partial charge in [0.2, 0.25) is 0 Å². The molecule has 0 atom stereocenters. The van der Waals surface area contributed by atoms with Crippen LogP contribution in [0.15, 0.2) is 42.0 Å². The molecule has 2 heterocycles. The first-order valence-electron chi connectivity index (χ1n) is 6.55. The lowest BCUT2D eigenvalue weighted by atomic mass is 10.3. The molecule has 3 aromatic rings. The number of carbonyl (C=O) groups excluding carboxylic acids is 1. The standard InChI is InChI=1S/C14H9N3O5S2.ClH/c18-14(22-10-3-1-9(2-4-10)17(19)20)21-8-11-7-16-13(24-11)12-15-5-6-23-12;/h1-7H,8H2;1H. The number of nitro benzene ring substituents is 1. The third-order valence-corrected chi connectivity index (χ3v) is 4.64. The lowest BCUT2D eigenvalue weighted by Crippen LogP contribution is -2.09. The van der Waals surface area contributed by atoms with Crippen molar-refractivity contribution >= 4 is 46.9 Å². The Morgan fingerprint density at radius 2 is 1.96 bits per heavy atom. The smallest absolute Gasteiger partial charge is 0.428 e. The Labute approximate surface area is 155 Å². The molecule has 0 aliphatic carbocycles. The Morgan fingerprint density at radius 3 is 2.60 bits per heavy atom. The number of nitro groups is 1. The van der Waals surface area contributed by atoms with Crippen molar-refractivity contribution < 1.29 is 19.2 Å². The van der Waals surface area contributed by atoms with Crippen molar-refractivity contribution in [3.05, 3.63) is 57.0 Å². The Morgan fingerprint density at radius 1 is 1.20 bits per heavy atom. The Bertz CT molecular complexity index is 852. The molecule has 0 N–H and O–H groups in total. The summed E-state index contributed by atoms with van der Waals surface area (Å²) in [5.74, 6) is 0.165. The maximum absolute atomic E-state index is 11.6. The van der Waals surface area contributed by atoms with Gasteiger partial charge < -0.3 is 9.47 Å². The van der Waals surface area contributed by atoms with Crippen molar-refractivity contribution in [2.75, 3.05) is 0 Å². The van der Waals surface area contributed by atoms with E-state index in [1.165, 1.54) is 46.9 Å². The van der Waals surface area contributed by atoms with Crippen molar-refractivity contribution in [1.29, 1.82) is 0 Å². The molecule has 0 amide bonds. The number of benzene rings is 1. The van der Waals surface area contributed by atoms with Gasteiger partial charge in [-0.05, 0) is 12.1 Å². The minimum Gasteiger partial charge on any atom is -0.428 e. The number of carbonyl (C=O) groups is 1. The summed E-state index contributed by atoms with van der Waals surface area (Å²) in [6.07, 6.45) is 2.41. The highest BCUT2D eigenvalue weighted by molar-refractivity contribution is 7.20. The van der Waals surface area contributed by atoms with Crippen LogP contribution in [0, 0.1) is 10.1 Å². The molecule has 2 aromatic heterocycles. The zero-order chi connectivity index (χ0) is 16.9. The lowest BCUT2D eigenvalue weighted by molar-refractivity contribution is -0.384. The lowest BCUT2D eigenvalue weighted by Gasteiger charge is -2.04. The third-order valence-electron chi connectivity index (χ3n) is 2.75. The first kappa shape index (κ1) is 18.8. The summed E-state index contributed by atoms with van der Waals surface area (Å²) in [5, 5.41) is 14.0. The van der Waals surface area contributed by atoms with Crippen LogP contribution in [-0.4, -0.2) is 21.0 Å². The van der Waals surface area contributed by atoms with Crippen molar-refractivity contribution in [2.24, 2.45) is 0 Å². The van der Waals surface area contributed by atoms with E-state index in [1.807, 2.05) is 5.38 Å². The van der Waals surface area contributed by atoms with Gasteiger partial charge in [0.05, 0.1) is 9.80 Å². The van der Waals surface area contributed by atoms with E-state index in [1.54, 1.807) is 12.4 Å². The van der Waals surface area contributed by atoms with Crippen molar-refractivity contribution in [2.45, 2.75) is 6.61 Å². The molecule has 0 aliphatic heterocycles. The van der Waals surface area contributed by atoms with E-state index in [0.717, 1.165) is 14.9 Å². The fourth-order valence-electron chi connectivity index (χ4n) is 1.69. The molecule has 0 radical (unpaired) electrons. The van der Waals surface area contributed by atoms with E-state index in [-0.39, 0.29) is 30.5 Å². The molecule has 0 unspecified atom stereocenters. The molecule has 11 heteroatoms. The van der Waals surface area contributed by atoms with Gasteiger partial charge in [0.15, 0.2) is 10.0 Å². The van der Waals surface area contributed by atoms with Crippen LogP contribution in [0.2, 0.25) is 0 Å². The quantitative estimate of drug-likeness (QED) is 0.272. The molecular weight excluding hydrogens is 390 g/mol. The highest BCUT2D eigenvalue weighted by Crippen LogP contribution is 2.27. The zero-order valence-electron chi connectivity index (χ0n) is 12.4. The molecule has 0 spiro atoms. The number of rotatable bonds is 5. The minimum atomic E-state index is -0.895. The molecule has 25 heavy (non-hydrogen) atoms. The molecule has 8 nitrogen and oxygen atoms in total. The molecular formula is C14H10ClN3O5S2. The van der Waals surface area contributed by atoms with E-state index < -0.39 is 11.1 Å². The number of hydrogen-bond acceptors (Lipinski definition) is 9. The Kier molecular flexibility index (Phi) is 6.39. The van der Waals surface area contributed by atoms with Crippen molar-refractivity contribution in [3.63, 3.8) is 0 Å². The summed E-state index contributed by atoms with van der Waals surface area (Å²) in [4.78, 5) is 30.8. The molecule has 1 aromatic carbocycles. The number of hydrogen-bond donors (Lipinski definition) is 0. The van der Waals surface area contributed by atoms with Gasteiger partial charge >= 0.3 is 6.16 Å². The van der Waals surface area contributed by atoms with Gasteiger partial charge in [-0.1, -0.05) is 0 Å². The highest BCUT2D eigenvalue weighted by atomic mass is 35.5. The number of non-ortho nitro benzene ring substituents is 1. The van der Waals surface area contributed by atoms with Gasteiger partial charge in [0, 0.05) is 29.9 Å². The minimum absolute atomic E-state index is 0. The largest absolute Gasteiger partial charge is 0.514 e. The fourth-order valence-corrected chi connectivity index (χ4v) is 3.21. The Hall–Kier alpha value is -2.56. The summed E-state index contributed by atoms with van der Waals surface area (Å²) in [5.41, 5.74) is -0.0879. The van der Waals surface area contributed by atoms with E-state index in [0.29, 0.717) is 0 Å². The van der Waals surface area contributed by atoms with Gasteiger partial charge in [-0.25, -0.2) is 14.8 Å². The molecule has 0 bridgehead atoms. The van der Waals surface area contributed by atoms with Crippen LogP contribution in [-0.2, 0) is 11.3 Å². The Balaban J connectivity index is 0.00000225. The summed E-state index contributed by atoms with van der Waals surface area (Å²) in [6.45, 7) is 0.0227. The molecule has 3 rings (SSSR count). The fraction of sp³-hybridized carbons (Fsp3) is 0.0714. The molecule has 0 aliphatic rings. The second-order valence-corrected chi connectivity index (χ2v) is 6.37. The van der Waals surface area contributed by atoms with Crippen LogP contribution < -0.4 is 4.74 Å². The molecule has 0 saturated carbocycles. The van der Waals surface area contributed by atoms with Crippen LogP contribution in [0.5, 0.6) is 5.75 Å². The first-order chi connectivity index (χ1) is 11.6. The number of nitrogens with zero attached hydrogens (tertiary/aromatic N) is 3. The average Bonchev–Trinajstić information content (AvgIpc) is 3.25. The third kappa shape index (κ3) is 4.95. The number of halogens is 1. The first-order valence-corrected chi connectivity index (χ1v) is 8.25. The second kappa shape index (κ2) is 8.51. The van der Waals surface area contributed by atoms with Crippen molar-refractivity contribution in [3.8, 4) is 15.8 Å². The molecule has 0 saturated heterocycles. The summed E-state index contributed by atoms with van der Waals surface area (Å²) >= 11 is 2.85. The number of ether oxygens (including phenoxy) is 2. The molecule has 0 fully saturated rings. The van der Waals surface area contributed by atoms with E-state index in [9.17, 15) is 14.9 Å². The second-order valence-electron chi connectivity index (χ2n) is 4.36. The number of aromatic nitrogens is 2. The van der Waals surface area contributed by atoms with Crippen LogP contribution >= 0.6 is 35.1 Å². The zero-order valence-corrected chi connectivity index (χ0v) is 14.8. The highest BCUT2D eigenvalue weighted by Gasteiger charge is 2.12. The predicted molar refractivity (Wildman–Crippen MR) is 94.4 cm³/mol. The number of thiazole rings is 2. The SMILES string of the molecule is Cl.O=C(OCc1cnc(-c2nccs2)s1)Oc1ccc([N+](=O)[O-])cc1. The summed E-state index contributed by atoms with van der Waals surface area (Å²) in [7, 11) is 0. The van der Waals surface area contributed by atoms with Gasteiger partial charge in [0.1, 0.15) is 12.4 Å². The molecule has 130 valence electrons. The van der Waals surface area contributed by atoms with Crippen LogP contribution in [0.3, 0.4) is 0 Å². The van der Waals surface area contributed by atoms with E-state index in [2.05, 4.69) is 9.97 Å². The predicted octanol–water partition coefficient (Wildman–Crippen LogP) is 4.31.